The number of hydrogen-bond donors (Lipinski definition) is 2. The third-order valence-corrected chi connectivity index (χ3v) is 3.11. The Morgan fingerprint density at radius 2 is 1.94 bits per heavy atom. The molecule has 0 spiro atoms. The van der Waals surface area contributed by atoms with Crippen LogP contribution in [0.5, 0.6) is 0 Å². The van der Waals surface area contributed by atoms with Crippen LogP contribution in [0.2, 0.25) is 0 Å². The maximum atomic E-state index is 11.8. The summed E-state index contributed by atoms with van der Waals surface area (Å²) in [6, 6.07) is 9.16. The lowest BCUT2D eigenvalue weighted by Crippen LogP contribution is -2.45. The standard InChI is InChI=1S/C12H11N3O2/c1-12(10(16)13-11(17)14-12)15-7-6-8-4-2-3-5-9(8)15/h2-7H,1H3,(H2,13,14,16,17). The zero-order valence-electron chi connectivity index (χ0n) is 9.23. The molecular formula is C12H11N3O2. The normalized spacial score (nSPS) is 23.8. The molecule has 17 heavy (non-hydrogen) atoms. The minimum Gasteiger partial charge on any atom is -0.316 e. The molecule has 2 aromatic rings. The van der Waals surface area contributed by atoms with E-state index in [0.29, 0.717) is 0 Å². The monoisotopic (exact) mass is 229 g/mol. The second kappa shape index (κ2) is 3.10. The lowest BCUT2D eigenvalue weighted by molar-refractivity contribution is -0.126. The molecule has 3 amide bonds. The van der Waals surface area contributed by atoms with Crippen molar-refractivity contribution in [2.45, 2.75) is 12.6 Å². The zero-order valence-corrected chi connectivity index (χ0v) is 9.23. The highest BCUT2D eigenvalue weighted by Gasteiger charge is 2.43. The van der Waals surface area contributed by atoms with Crippen LogP contribution in [0.1, 0.15) is 6.92 Å². The highest BCUT2D eigenvalue weighted by atomic mass is 16.2. The van der Waals surface area contributed by atoms with E-state index in [1.54, 1.807) is 17.7 Å². The summed E-state index contributed by atoms with van der Waals surface area (Å²) in [6.07, 6.45) is 1.80. The maximum Gasteiger partial charge on any atom is 0.323 e. The average molecular weight is 229 g/mol. The molecule has 86 valence electrons. The summed E-state index contributed by atoms with van der Waals surface area (Å²) in [5, 5.41) is 5.92. The number of carbonyl (C=O) groups excluding carboxylic acids is 2. The van der Waals surface area contributed by atoms with E-state index in [0.717, 1.165) is 10.9 Å². The number of aromatic nitrogens is 1. The molecule has 5 heteroatoms. The molecule has 2 heterocycles. The van der Waals surface area contributed by atoms with Gasteiger partial charge in [-0.05, 0) is 24.4 Å². The van der Waals surface area contributed by atoms with Crippen LogP contribution in [-0.4, -0.2) is 16.5 Å². The van der Waals surface area contributed by atoms with Crippen molar-refractivity contribution >= 4 is 22.8 Å². The number of nitrogens with one attached hydrogen (secondary N) is 2. The number of carbonyl (C=O) groups is 2. The molecule has 1 unspecified atom stereocenters. The summed E-state index contributed by atoms with van der Waals surface area (Å²) in [5.41, 5.74) is -0.146. The maximum absolute atomic E-state index is 11.8. The van der Waals surface area contributed by atoms with E-state index in [9.17, 15) is 9.59 Å². The summed E-state index contributed by atoms with van der Waals surface area (Å²) in [5.74, 6) is -0.344. The number of benzene rings is 1. The van der Waals surface area contributed by atoms with Gasteiger partial charge in [-0.15, -0.1) is 0 Å². The van der Waals surface area contributed by atoms with Crippen molar-refractivity contribution in [1.29, 1.82) is 0 Å². The van der Waals surface area contributed by atoms with Gasteiger partial charge in [0, 0.05) is 6.20 Å². The van der Waals surface area contributed by atoms with Crippen LogP contribution in [0.15, 0.2) is 36.5 Å². The third-order valence-electron chi connectivity index (χ3n) is 3.11. The van der Waals surface area contributed by atoms with E-state index in [4.69, 9.17) is 0 Å². The smallest absolute Gasteiger partial charge is 0.316 e. The Morgan fingerprint density at radius 3 is 2.65 bits per heavy atom. The van der Waals surface area contributed by atoms with Gasteiger partial charge in [0.25, 0.3) is 5.91 Å². The number of hydrogen-bond acceptors (Lipinski definition) is 2. The molecule has 1 aliphatic rings. The Kier molecular flexibility index (Phi) is 1.80. The van der Waals surface area contributed by atoms with E-state index in [1.165, 1.54) is 0 Å². The Balaban J connectivity index is 2.22. The molecule has 2 N–H and O–H groups in total. The predicted molar refractivity (Wildman–Crippen MR) is 62.3 cm³/mol. The van der Waals surface area contributed by atoms with Crippen molar-refractivity contribution in [3.05, 3.63) is 36.5 Å². The van der Waals surface area contributed by atoms with Crippen LogP contribution in [0, 0.1) is 0 Å². The summed E-state index contributed by atoms with van der Waals surface area (Å²) < 4.78 is 1.77. The second-order valence-electron chi connectivity index (χ2n) is 4.23. The van der Waals surface area contributed by atoms with Crippen molar-refractivity contribution in [2.24, 2.45) is 0 Å². The van der Waals surface area contributed by atoms with Gasteiger partial charge in [0.15, 0.2) is 5.66 Å². The van der Waals surface area contributed by atoms with Crippen molar-refractivity contribution in [3.8, 4) is 0 Å². The molecule has 0 radical (unpaired) electrons. The SMILES string of the molecule is CC1(n2ccc3ccccc32)NC(=O)NC1=O. The van der Waals surface area contributed by atoms with Crippen LogP contribution in [0.25, 0.3) is 10.9 Å². The lowest BCUT2D eigenvalue weighted by atomic mass is 10.2. The first-order valence-corrected chi connectivity index (χ1v) is 5.31. The van der Waals surface area contributed by atoms with Gasteiger partial charge >= 0.3 is 6.03 Å². The minimum atomic E-state index is -1.06. The first kappa shape index (κ1) is 9.89. The molecule has 3 rings (SSSR count). The number of amides is 3. The Morgan fingerprint density at radius 1 is 1.18 bits per heavy atom. The van der Waals surface area contributed by atoms with Gasteiger partial charge in [-0.3, -0.25) is 10.1 Å². The molecule has 1 saturated heterocycles. The molecule has 0 aliphatic carbocycles. The van der Waals surface area contributed by atoms with E-state index in [1.807, 2.05) is 30.3 Å². The van der Waals surface area contributed by atoms with E-state index in [2.05, 4.69) is 10.6 Å². The lowest BCUT2D eigenvalue weighted by Gasteiger charge is -2.23. The summed E-state index contributed by atoms with van der Waals surface area (Å²) in [4.78, 5) is 23.1. The predicted octanol–water partition coefficient (Wildman–Crippen LogP) is 1.15. The van der Waals surface area contributed by atoms with Gasteiger partial charge in [0.05, 0.1) is 5.52 Å². The third kappa shape index (κ3) is 1.25. The summed E-state index contributed by atoms with van der Waals surface area (Å²) >= 11 is 0. The fourth-order valence-corrected chi connectivity index (χ4v) is 2.18. The molecule has 0 saturated carbocycles. The molecule has 1 atom stereocenters. The van der Waals surface area contributed by atoms with E-state index >= 15 is 0 Å². The Labute approximate surface area is 97.4 Å². The molecule has 1 aliphatic heterocycles. The highest BCUT2D eigenvalue weighted by Crippen LogP contribution is 2.24. The van der Waals surface area contributed by atoms with Crippen molar-refractivity contribution in [2.75, 3.05) is 0 Å². The minimum absolute atomic E-state index is 0.344. The largest absolute Gasteiger partial charge is 0.323 e. The van der Waals surface area contributed by atoms with Gasteiger partial charge in [-0.25, -0.2) is 4.79 Å². The summed E-state index contributed by atoms with van der Waals surface area (Å²) in [6.45, 7) is 1.68. The molecule has 1 aromatic heterocycles. The number of para-hydroxylation sites is 1. The zero-order chi connectivity index (χ0) is 12.0. The Hall–Kier alpha value is -2.30. The van der Waals surface area contributed by atoms with Crippen molar-refractivity contribution < 1.29 is 9.59 Å². The summed E-state index contributed by atoms with van der Waals surface area (Å²) in [7, 11) is 0. The van der Waals surface area contributed by atoms with Gasteiger partial charge in [-0.2, -0.15) is 0 Å². The van der Waals surface area contributed by atoms with Gasteiger partial charge in [-0.1, -0.05) is 18.2 Å². The number of rotatable bonds is 1. The molecule has 0 bridgehead atoms. The molecule has 5 nitrogen and oxygen atoms in total. The molecular weight excluding hydrogens is 218 g/mol. The Bertz CT molecular complexity index is 631. The van der Waals surface area contributed by atoms with E-state index in [-0.39, 0.29) is 5.91 Å². The van der Waals surface area contributed by atoms with Gasteiger partial charge in [0.1, 0.15) is 0 Å². The average Bonchev–Trinajstić information content (AvgIpc) is 2.81. The first-order chi connectivity index (χ1) is 8.11. The van der Waals surface area contributed by atoms with Crippen LogP contribution in [0.4, 0.5) is 4.79 Å². The van der Waals surface area contributed by atoms with Crippen LogP contribution >= 0.6 is 0 Å². The van der Waals surface area contributed by atoms with Crippen LogP contribution in [0.3, 0.4) is 0 Å². The first-order valence-electron chi connectivity index (χ1n) is 5.31. The van der Waals surface area contributed by atoms with E-state index < -0.39 is 11.7 Å². The van der Waals surface area contributed by atoms with Crippen molar-refractivity contribution in [3.63, 3.8) is 0 Å². The van der Waals surface area contributed by atoms with Crippen molar-refractivity contribution in [1.82, 2.24) is 15.2 Å². The topological polar surface area (TPSA) is 63.1 Å². The van der Waals surface area contributed by atoms with Crippen LogP contribution in [-0.2, 0) is 10.5 Å². The van der Waals surface area contributed by atoms with Gasteiger partial charge in [0.2, 0.25) is 0 Å². The molecule has 1 fully saturated rings. The number of fused-ring (bicyclic) bond motifs is 1. The van der Waals surface area contributed by atoms with Crippen LogP contribution < -0.4 is 10.6 Å². The number of urea groups is 1. The number of imide groups is 1. The van der Waals surface area contributed by atoms with Gasteiger partial charge < -0.3 is 9.88 Å². The molecule has 1 aromatic carbocycles. The highest BCUT2D eigenvalue weighted by molar-refractivity contribution is 6.06. The second-order valence-corrected chi connectivity index (χ2v) is 4.23. The fraction of sp³-hybridized carbons (Fsp3) is 0.167. The fourth-order valence-electron chi connectivity index (χ4n) is 2.18. The number of nitrogens with zero attached hydrogens (tertiary/aromatic N) is 1. The quantitative estimate of drug-likeness (QED) is 0.720.